The number of aryl methyl sites for hydroxylation is 2. The molecule has 0 fully saturated rings. The van der Waals surface area contributed by atoms with E-state index in [0.29, 0.717) is 16.6 Å². The number of amides is 1. The minimum Gasteiger partial charge on any atom is -0.302 e. The van der Waals surface area contributed by atoms with Crippen molar-refractivity contribution in [2.45, 2.75) is 32.6 Å². The molecular weight excluding hydrogens is 320 g/mol. The Labute approximate surface area is 138 Å². The third-order valence-corrected chi connectivity index (χ3v) is 4.42. The van der Waals surface area contributed by atoms with E-state index in [1.165, 1.54) is 11.3 Å². The molecule has 0 radical (unpaired) electrons. The van der Waals surface area contributed by atoms with Crippen LogP contribution in [0.1, 0.15) is 40.0 Å². The zero-order valence-electron chi connectivity index (χ0n) is 12.5. The highest BCUT2D eigenvalue weighted by Gasteiger charge is 2.11. The summed E-state index contributed by atoms with van der Waals surface area (Å²) in [6, 6.07) is 5.59. The summed E-state index contributed by atoms with van der Waals surface area (Å²) in [6.07, 6.45) is 0.323. The fourth-order valence-corrected chi connectivity index (χ4v) is 2.85. The van der Waals surface area contributed by atoms with Gasteiger partial charge in [-0.3, -0.25) is 9.59 Å². The number of halogens is 1. The number of hydrogen-bond donors (Lipinski definition) is 1. The summed E-state index contributed by atoms with van der Waals surface area (Å²) in [4.78, 5) is 28.1. The Balaban J connectivity index is 1.87. The molecule has 22 heavy (non-hydrogen) atoms. The van der Waals surface area contributed by atoms with Gasteiger partial charge in [0.1, 0.15) is 0 Å². The molecule has 4 nitrogen and oxygen atoms in total. The number of benzene rings is 1. The molecule has 0 saturated heterocycles. The van der Waals surface area contributed by atoms with Gasteiger partial charge in [0.15, 0.2) is 10.9 Å². The smallest absolute Gasteiger partial charge is 0.226 e. The van der Waals surface area contributed by atoms with Gasteiger partial charge in [-0.15, -0.1) is 22.9 Å². The molecular formula is C16H17ClN2O2S. The molecule has 116 valence electrons. The zero-order valence-corrected chi connectivity index (χ0v) is 14.1. The van der Waals surface area contributed by atoms with E-state index >= 15 is 0 Å². The van der Waals surface area contributed by atoms with Crippen molar-refractivity contribution in [3.63, 3.8) is 0 Å². The Hall–Kier alpha value is -1.72. The lowest BCUT2D eigenvalue weighted by molar-refractivity contribution is -0.116. The maximum absolute atomic E-state index is 12.1. The van der Waals surface area contributed by atoms with E-state index in [2.05, 4.69) is 10.3 Å². The monoisotopic (exact) mass is 336 g/mol. The molecule has 1 aromatic carbocycles. The second-order valence-electron chi connectivity index (χ2n) is 5.05. The lowest BCUT2D eigenvalue weighted by atomic mass is 10.0. The number of carbonyl (C=O) groups is 2. The van der Waals surface area contributed by atoms with Crippen LogP contribution < -0.4 is 5.32 Å². The van der Waals surface area contributed by atoms with Crippen LogP contribution in [0.5, 0.6) is 0 Å². The molecule has 0 atom stereocenters. The van der Waals surface area contributed by atoms with E-state index in [4.69, 9.17) is 11.6 Å². The Bertz CT molecular complexity index is 697. The van der Waals surface area contributed by atoms with Crippen molar-refractivity contribution in [3.05, 3.63) is 46.0 Å². The van der Waals surface area contributed by atoms with Crippen molar-refractivity contribution in [1.82, 2.24) is 4.98 Å². The number of aromatic nitrogens is 1. The lowest BCUT2D eigenvalue weighted by Crippen LogP contribution is -2.13. The zero-order chi connectivity index (χ0) is 16.1. The fraction of sp³-hybridized carbons (Fsp3) is 0.312. The van der Waals surface area contributed by atoms with Gasteiger partial charge in [-0.2, -0.15) is 0 Å². The lowest BCUT2D eigenvalue weighted by Gasteiger charge is -2.05. The van der Waals surface area contributed by atoms with E-state index in [-0.39, 0.29) is 24.5 Å². The van der Waals surface area contributed by atoms with E-state index < -0.39 is 0 Å². The van der Waals surface area contributed by atoms with Crippen LogP contribution in [0.25, 0.3) is 0 Å². The number of alkyl halides is 1. The van der Waals surface area contributed by atoms with Crippen molar-refractivity contribution < 1.29 is 9.59 Å². The number of hydrogen-bond acceptors (Lipinski definition) is 4. The van der Waals surface area contributed by atoms with Gasteiger partial charge >= 0.3 is 0 Å². The van der Waals surface area contributed by atoms with E-state index in [9.17, 15) is 9.59 Å². The third-order valence-electron chi connectivity index (χ3n) is 3.34. The Kier molecular flexibility index (Phi) is 5.69. The average Bonchev–Trinajstić information content (AvgIpc) is 2.95. The summed E-state index contributed by atoms with van der Waals surface area (Å²) in [5.74, 6) is 0.0731. The topological polar surface area (TPSA) is 59.1 Å². The predicted octanol–water partition coefficient (Wildman–Crippen LogP) is 4.10. The third kappa shape index (κ3) is 4.39. The van der Waals surface area contributed by atoms with Crippen LogP contribution in [-0.2, 0) is 10.7 Å². The number of thiazole rings is 1. The number of nitrogens with zero attached hydrogens (tertiary/aromatic N) is 1. The molecule has 1 amide bonds. The fourth-order valence-electron chi connectivity index (χ4n) is 1.89. The first-order valence-corrected chi connectivity index (χ1v) is 8.31. The normalized spacial score (nSPS) is 10.5. The molecule has 6 heteroatoms. The van der Waals surface area contributed by atoms with Gasteiger partial charge in [0.2, 0.25) is 5.91 Å². The standard InChI is InChI=1S/C16H17ClN2O2S/c1-10-3-4-12(7-11(10)2)14(20)5-6-15(21)19-16-18-13(8-17)9-22-16/h3-4,7,9H,5-6,8H2,1-2H3,(H,18,19,21). The highest BCUT2D eigenvalue weighted by atomic mass is 35.5. The van der Waals surface area contributed by atoms with Gasteiger partial charge in [-0.25, -0.2) is 4.98 Å². The van der Waals surface area contributed by atoms with Crippen LogP contribution in [0, 0.1) is 13.8 Å². The van der Waals surface area contributed by atoms with Crippen LogP contribution in [0.15, 0.2) is 23.6 Å². The molecule has 0 aliphatic carbocycles. The number of ketones is 1. The van der Waals surface area contributed by atoms with E-state index in [1.54, 1.807) is 11.4 Å². The molecule has 0 saturated carbocycles. The summed E-state index contributed by atoms with van der Waals surface area (Å²) in [5.41, 5.74) is 3.60. The molecule has 2 aromatic rings. The number of rotatable bonds is 6. The summed E-state index contributed by atoms with van der Waals surface area (Å²) >= 11 is 6.98. The molecule has 0 unspecified atom stereocenters. The van der Waals surface area contributed by atoms with Crippen molar-refractivity contribution in [3.8, 4) is 0 Å². The SMILES string of the molecule is Cc1ccc(C(=O)CCC(=O)Nc2nc(CCl)cs2)cc1C. The molecule has 0 aliphatic rings. The Morgan fingerprint density at radius 2 is 2.00 bits per heavy atom. The number of Topliss-reactive ketones (excluding diaryl/α,β-unsaturated/α-hetero) is 1. The van der Waals surface area contributed by atoms with Gasteiger partial charge < -0.3 is 5.32 Å². The second kappa shape index (κ2) is 7.51. The van der Waals surface area contributed by atoms with Crippen molar-refractivity contribution >= 4 is 39.8 Å². The molecule has 1 heterocycles. The minimum absolute atomic E-state index is 0.0289. The first kappa shape index (κ1) is 16.6. The molecule has 0 aliphatic heterocycles. The van der Waals surface area contributed by atoms with Gasteiger partial charge in [-0.1, -0.05) is 12.1 Å². The average molecular weight is 337 g/mol. The maximum atomic E-state index is 12.1. The highest BCUT2D eigenvalue weighted by molar-refractivity contribution is 7.13. The molecule has 0 bridgehead atoms. The molecule has 0 spiro atoms. The van der Waals surface area contributed by atoms with Gasteiger partial charge in [-0.05, 0) is 31.0 Å². The summed E-state index contributed by atoms with van der Waals surface area (Å²) in [6.45, 7) is 3.97. The molecule has 1 N–H and O–H groups in total. The van der Waals surface area contributed by atoms with E-state index in [1.807, 2.05) is 26.0 Å². The molecule has 1 aromatic heterocycles. The predicted molar refractivity (Wildman–Crippen MR) is 89.8 cm³/mol. The van der Waals surface area contributed by atoms with Crippen LogP contribution >= 0.6 is 22.9 Å². The quantitative estimate of drug-likeness (QED) is 0.638. The number of anilines is 1. The first-order valence-electron chi connectivity index (χ1n) is 6.90. The highest BCUT2D eigenvalue weighted by Crippen LogP contribution is 2.17. The van der Waals surface area contributed by atoms with Crippen molar-refractivity contribution in [2.24, 2.45) is 0 Å². The van der Waals surface area contributed by atoms with Crippen LogP contribution in [0.2, 0.25) is 0 Å². The Morgan fingerprint density at radius 1 is 1.23 bits per heavy atom. The molecule has 2 rings (SSSR count). The summed E-state index contributed by atoms with van der Waals surface area (Å²) < 4.78 is 0. The minimum atomic E-state index is -0.215. The largest absolute Gasteiger partial charge is 0.302 e. The van der Waals surface area contributed by atoms with Crippen molar-refractivity contribution in [1.29, 1.82) is 0 Å². The van der Waals surface area contributed by atoms with Crippen LogP contribution in [0.3, 0.4) is 0 Å². The van der Waals surface area contributed by atoms with Gasteiger partial charge in [0.05, 0.1) is 11.6 Å². The second-order valence-corrected chi connectivity index (χ2v) is 6.17. The van der Waals surface area contributed by atoms with Crippen molar-refractivity contribution in [2.75, 3.05) is 5.32 Å². The summed E-state index contributed by atoms with van der Waals surface area (Å²) in [7, 11) is 0. The van der Waals surface area contributed by atoms with Gasteiger partial charge in [0.25, 0.3) is 0 Å². The van der Waals surface area contributed by atoms with E-state index in [0.717, 1.165) is 16.8 Å². The van der Waals surface area contributed by atoms with Crippen LogP contribution in [0.4, 0.5) is 5.13 Å². The maximum Gasteiger partial charge on any atom is 0.226 e. The first-order chi connectivity index (χ1) is 10.5. The van der Waals surface area contributed by atoms with Crippen LogP contribution in [-0.4, -0.2) is 16.7 Å². The number of nitrogens with one attached hydrogen (secondary N) is 1. The van der Waals surface area contributed by atoms with Gasteiger partial charge in [0, 0.05) is 23.8 Å². The Morgan fingerprint density at radius 3 is 2.64 bits per heavy atom. The number of carbonyl (C=O) groups excluding carboxylic acids is 2. The summed E-state index contributed by atoms with van der Waals surface area (Å²) in [5, 5.41) is 4.99.